The average Bonchev–Trinajstić information content (AvgIpc) is 2.40. The van der Waals surface area contributed by atoms with Crippen LogP contribution in [-0.2, 0) is 6.42 Å². The van der Waals surface area contributed by atoms with Crippen molar-refractivity contribution < 1.29 is 13.2 Å². The average molecular weight is 307 g/mol. The van der Waals surface area contributed by atoms with E-state index in [0.717, 1.165) is 0 Å². The predicted octanol–water partition coefficient (Wildman–Crippen LogP) is 3.68. The van der Waals surface area contributed by atoms with Crippen LogP contribution in [0.1, 0.15) is 31.2 Å². The van der Waals surface area contributed by atoms with Crippen LogP contribution in [0.25, 0.3) is 0 Å². The highest BCUT2D eigenvalue weighted by molar-refractivity contribution is 6.30. The number of nitrogens with one attached hydrogen (secondary N) is 1. The van der Waals surface area contributed by atoms with Gasteiger partial charge in [0.2, 0.25) is 5.92 Å². The Morgan fingerprint density at radius 1 is 1.35 bits per heavy atom. The Labute approximate surface area is 121 Å². The van der Waals surface area contributed by atoms with Crippen molar-refractivity contribution in [1.29, 1.82) is 0 Å². The number of halogens is 4. The molecular weight excluding hydrogens is 289 g/mol. The van der Waals surface area contributed by atoms with Gasteiger partial charge in [0.05, 0.1) is 0 Å². The molecule has 1 fully saturated rings. The number of rotatable bonds is 4. The van der Waals surface area contributed by atoms with Crippen molar-refractivity contribution in [2.45, 2.75) is 44.1 Å². The molecule has 0 aliphatic heterocycles. The summed E-state index contributed by atoms with van der Waals surface area (Å²) < 4.78 is 40.0. The minimum Gasteiger partial charge on any atom is -0.271 e. The van der Waals surface area contributed by atoms with Gasteiger partial charge < -0.3 is 0 Å². The molecule has 1 saturated carbocycles. The molecule has 2 nitrogen and oxygen atoms in total. The zero-order valence-corrected chi connectivity index (χ0v) is 11.8. The maximum Gasteiger partial charge on any atom is 0.248 e. The van der Waals surface area contributed by atoms with Crippen LogP contribution in [-0.4, -0.2) is 12.0 Å². The van der Waals surface area contributed by atoms with Gasteiger partial charge in [-0.25, -0.2) is 13.2 Å². The third-order valence-electron chi connectivity index (χ3n) is 3.99. The molecule has 0 heterocycles. The molecule has 20 heavy (non-hydrogen) atoms. The third kappa shape index (κ3) is 3.87. The van der Waals surface area contributed by atoms with E-state index >= 15 is 0 Å². The quantitative estimate of drug-likeness (QED) is 0.658. The number of nitrogens with two attached hydrogens (primary N) is 1. The summed E-state index contributed by atoms with van der Waals surface area (Å²) in [5.41, 5.74) is 3.10. The number of hydrogen-bond acceptors (Lipinski definition) is 2. The molecule has 1 aliphatic rings. The molecule has 0 amide bonds. The van der Waals surface area contributed by atoms with Gasteiger partial charge in [0.15, 0.2) is 0 Å². The first-order valence-electron chi connectivity index (χ1n) is 6.69. The summed E-state index contributed by atoms with van der Waals surface area (Å²) in [5, 5.41) is 0.451. The van der Waals surface area contributed by atoms with Crippen LogP contribution in [0.15, 0.2) is 18.2 Å². The summed E-state index contributed by atoms with van der Waals surface area (Å²) in [7, 11) is 0. The smallest absolute Gasteiger partial charge is 0.248 e. The summed E-state index contributed by atoms with van der Waals surface area (Å²) >= 11 is 5.85. The van der Waals surface area contributed by atoms with E-state index < -0.39 is 5.92 Å². The summed E-state index contributed by atoms with van der Waals surface area (Å²) in [4.78, 5) is 0. The normalized spacial score (nSPS) is 20.9. The van der Waals surface area contributed by atoms with Gasteiger partial charge in [0.1, 0.15) is 5.82 Å². The van der Waals surface area contributed by atoms with Gasteiger partial charge in [-0.15, -0.1) is 0 Å². The third-order valence-corrected chi connectivity index (χ3v) is 4.23. The van der Waals surface area contributed by atoms with Gasteiger partial charge in [0.25, 0.3) is 0 Å². The molecule has 0 bridgehead atoms. The van der Waals surface area contributed by atoms with Gasteiger partial charge in [-0.3, -0.25) is 11.3 Å². The molecule has 1 atom stereocenters. The summed E-state index contributed by atoms with van der Waals surface area (Å²) in [5.74, 6) is 2.62. The van der Waals surface area contributed by atoms with Crippen LogP contribution in [0, 0.1) is 11.7 Å². The van der Waals surface area contributed by atoms with Gasteiger partial charge >= 0.3 is 0 Å². The van der Waals surface area contributed by atoms with Crippen LogP contribution in [0.4, 0.5) is 13.2 Å². The number of hydrazine groups is 1. The van der Waals surface area contributed by atoms with E-state index in [1.54, 1.807) is 6.07 Å². The first-order valence-corrected chi connectivity index (χ1v) is 7.07. The maximum atomic E-state index is 13.7. The second-order valence-electron chi connectivity index (χ2n) is 5.41. The largest absolute Gasteiger partial charge is 0.271 e. The molecule has 0 radical (unpaired) electrons. The molecule has 1 aromatic carbocycles. The van der Waals surface area contributed by atoms with Crippen molar-refractivity contribution in [3.63, 3.8) is 0 Å². The number of alkyl halides is 2. The van der Waals surface area contributed by atoms with Gasteiger partial charge in [-0.2, -0.15) is 0 Å². The van der Waals surface area contributed by atoms with E-state index in [9.17, 15) is 13.2 Å². The molecule has 1 unspecified atom stereocenters. The fraction of sp³-hybridized carbons (Fsp3) is 0.571. The Hall–Kier alpha value is -0.780. The van der Waals surface area contributed by atoms with E-state index in [4.69, 9.17) is 17.4 Å². The van der Waals surface area contributed by atoms with Crippen LogP contribution < -0.4 is 11.3 Å². The number of benzene rings is 1. The maximum absolute atomic E-state index is 13.7. The van der Waals surface area contributed by atoms with Crippen molar-refractivity contribution in [3.05, 3.63) is 34.6 Å². The first-order chi connectivity index (χ1) is 9.41. The summed E-state index contributed by atoms with van der Waals surface area (Å²) in [6.07, 6.45) is 0.870. The molecule has 0 aromatic heterocycles. The Balaban J connectivity index is 2.04. The highest BCUT2D eigenvalue weighted by Gasteiger charge is 2.37. The van der Waals surface area contributed by atoms with Gasteiger partial charge in [-0.1, -0.05) is 11.6 Å². The van der Waals surface area contributed by atoms with Crippen molar-refractivity contribution in [3.8, 4) is 0 Å². The van der Waals surface area contributed by atoms with Crippen molar-refractivity contribution in [1.82, 2.24) is 5.43 Å². The molecule has 1 aromatic rings. The Morgan fingerprint density at radius 3 is 2.60 bits per heavy atom. The molecule has 0 spiro atoms. The topological polar surface area (TPSA) is 38.0 Å². The Bertz CT molecular complexity index is 458. The minimum absolute atomic E-state index is 0.0259. The van der Waals surface area contributed by atoms with E-state index in [0.29, 0.717) is 29.8 Å². The van der Waals surface area contributed by atoms with E-state index in [2.05, 4.69) is 5.43 Å². The van der Waals surface area contributed by atoms with Crippen LogP contribution in [0.2, 0.25) is 5.02 Å². The van der Waals surface area contributed by atoms with Crippen molar-refractivity contribution >= 4 is 11.6 Å². The summed E-state index contributed by atoms with van der Waals surface area (Å²) in [6, 6.07) is 4.12. The molecule has 2 rings (SSSR count). The van der Waals surface area contributed by atoms with Gasteiger partial charge in [-0.05, 0) is 48.9 Å². The summed E-state index contributed by atoms with van der Waals surface area (Å²) in [6.45, 7) is 0. The lowest BCUT2D eigenvalue weighted by molar-refractivity contribution is -0.0495. The lowest BCUT2D eigenvalue weighted by Crippen LogP contribution is -2.45. The Morgan fingerprint density at radius 2 is 2.00 bits per heavy atom. The molecule has 0 saturated heterocycles. The van der Waals surface area contributed by atoms with Crippen LogP contribution in [0.3, 0.4) is 0 Å². The minimum atomic E-state index is -2.57. The van der Waals surface area contributed by atoms with E-state index in [1.165, 1.54) is 12.1 Å². The van der Waals surface area contributed by atoms with Crippen LogP contribution >= 0.6 is 11.6 Å². The van der Waals surface area contributed by atoms with Crippen molar-refractivity contribution in [2.75, 3.05) is 0 Å². The Kier molecular flexibility index (Phi) is 4.94. The van der Waals surface area contributed by atoms with Gasteiger partial charge in [0, 0.05) is 23.9 Å². The fourth-order valence-corrected chi connectivity index (χ4v) is 2.96. The predicted molar refractivity (Wildman–Crippen MR) is 73.1 cm³/mol. The molecule has 6 heteroatoms. The lowest BCUT2D eigenvalue weighted by atomic mass is 9.80. The second kappa shape index (κ2) is 6.33. The standard InChI is InChI=1S/C14H18ClF3N2/c15-11-1-2-12(16)10(7-11)8-13(20-19)9-3-5-14(17,18)6-4-9/h1-2,7,9,13,20H,3-6,8,19H2. The highest BCUT2D eigenvalue weighted by atomic mass is 35.5. The highest BCUT2D eigenvalue weighted by Crippen LogP contribution is 2.38. The molecular formula is C14H18ClF3N2. The van der Waals surface area contributed by atoms with E-state index in [1.807, 2.05) is 0 Å². The lowest BCUT2D eigenvalue weighted by Gasteiger charge is -2.33. The first kappa shape index (κ1) is 15.6. The van der Waals surface area contributed by atoms with E-state index in [-0.39, 0.29) is 30.6 Å². The molecule has 112 valence electrons. The number of hydrogen-bond donors (Lipinski definition) is 2. The molecule has 1 aliphatic carbocycles. The van der Waals surface area contributed by atoms with Crippen LogP contribution in [0.5, 0.6) is 0 Å². The second-order valence-corrected chi connectivity index (χ2v) is 5.84. The molecule has 3 N–H and O–H groups in total. The zero-order valence-electron chi connectivity index (χ0n) is 11.0. The fourth-order valence-electron chi connectivity index (χ4n) is 2.76. The van der Waals surface area contributed by atoms with Crippen molar-refractivity contribution in [2.24, 2.45) is 11.8 Å². The monoisotopic (exact) mass is 306 g/mol. The SMILES string of the molecule is NNC(Cc1cc(Cl)ccc1F)C1CCC(F)(F)CC1. The zero-order chi connectivity index (χ0) is 14.8.